The molecule has 2 nitrogen and oxygen atoms in total. The van der Waals surface area contributed by atoms with Crippen LogP contribution in [0.4, 0.5) is 0 Å². The van der Waals surface area contributed by atoms with Crippen molar-refractivity contribution < 1.29 is 4.57 Å². The molecule has 0 saturated heterocycles. The van der Waals surface area contributed by atoms with Crippen LogP contribution in [0.25, 0.3) is 0 Å². The molecule has 0 amide bonds. The number of rotatable bonds is 34. The quantitative estimate of drug-likeness (QED) is 0.0560. The van der Waals surface area contributed by atoms with E-state index in [0.717, 1.165) is 0 Å². The first kappa shape index (κ1) is 39.2. The molecule has 0 radical (unpaired) electrons. The number of aryl methyl sites for hydroxylation is 2. The molecule has 0 saturated carbocycles. The van der Waals surface area contributed by atoms with Gasteiger partial charge < -0.3 is 0 Å². The van der Waals surface area contributed by atoms with Gasteiger partial charge in [0.25, 0.3) is 5.82 Å². The molecule has 1 aromatic rings. The zero-order chi connectivity index (χ0) is 30.2. The molecule has 1 rings (SSSR count). The molecule has 42 heavy (non-hydrogen) atoms. The van der Waals surface area contributed by atoms with Crippen LogP contribution in [-0.2, 0) is 19.5 Å². The van der Waals surface area contributed by atoms with E-state index in [1.54, 1.807) is 5.82 Å². The average molecular weight is 588 g/mol. The Kier molecular flexibility index (Phi) is 29.5. The number of hydrogen-bond donors (Lipinski definition) is 0. The van der Waals surface area contributed by atoms with Gasteiger partial charge in [-0.25, -0.2) is 9.13 Å². The zero-order valence-corrected chi connectivity index (χ0v) is 29.6. The molecular formula is C40H79N2+. The predicted octanol–water partition coefficient (Wildman–Crippen LogP) is 13.5. The highest BCUT2D eigenvalue weighted by Gasteiger charge is 2.16. The Morgan fingerprint density at radius 3 is 1.12 bits per heavy atom. The second-order valence-electron chi connectivity index (χ2n) is 13.8. The third-order valence-electron chi connectivity index (χ3n) is 9.60. The van der Waals surface area contributed by atoms with Gasteiger partial charge in [-0.2, -0.15) is 0 Å². The third kappa shape index (κ3) is 23.6. The first-order valence-corrected chi connectivity index (χ1v) is 19.9. The van der Waals surface area contributed by atoms with Gasteiger partial charge in [-0.1, -0.05) is 194 Å². The summed E-state index contributed by atoms with van der Waals surface area (Å²) in [6, 6.07) is 0. The molecule has 0 aliphatic rings. The minimum atomic E-state index is 1.20. The lowest BCUT2D eigenvalue weighted by Gasteiger charge is -2.07. The van der Waals surface area contributed by atoms with Crippen LogP contribution in [0.1, 0.15) is 226 Å². The normalized spacial score (nSPS) is 11.6. The van der Waals surface area contributed by atoms with Gasteiger partial charge in [-0.15, -0.1) is 0 Å². The summed E-state index contributed by atoms with van der Waals surface area (Å²) in [5.74, 6) is 1.60. The SMILES string of the molecule is CCCCCCCCCCCCCCCCC[n+]1ccn(CCCC)c1CCCCCCCCCCCCCCCC. The van der Waals surface area contributed by atoms with E-state index in [-0.39, 0.29) is 0 Å². The molecule has 0 unspecified atom stereocenters. The first-order chi connectivity index (χ1) is 20.8. The van der Waals surface area contributed by atoms with Crippen molar-refractivity contribution in [1.82, 2.24) is 4.57 Å². The van der Waals surface area contributed by atoms with Crippen LogP contribution in [0.3, 0.4) is 0 Å². The van der Waals surface area contributed by atoms with E-state index in [1.807, 2.05) is 0 Å². The third-order valence-corrected chi connectivity index (χ3v) is 9.60. The molecule has 2 heteroatoms. The van der Waals surface area contributed by atoms with Crippen LogP contribution < -0.4 is 4.57 Å². The Labute approximate surface area is 266 Å². The molecule has 0 aliphatic carbocycles. The minimum Gasteiger partial charge on any atom is -0.234 e. The number of unbranched alkanes of at least 4 members (excludes halogenated alkanes) is 28. The summed E-state index contributed by atoms with van der Waals surface area (Å²) in [6.45, 7) is 9.37. The van der Waals surface area contributed by atoms with E-state index in [9.17, 15) is 0 Å². The molecule has 0 aromatic carbocycles. The topological polar surface area (TPSA) is 8.81 Å². The lowest BCUT2D eigenvalue weighted by Crippen LogP contribution is -2.37. The van der Waals surface area contributed by atoms with Gasteiger partial charge in [0.05, 0.1) is 13.1 Å². The summed E-state index contributed by atoms with van der Waals surface area (Å²) >= 11 is 0. The van der Waals surface area contributed by atoms with Gasteiger partial charge in [0.1, 0.15) is 12.4 Å². The van der Waals surface area contributed by atoms with Crippen LogP contribution in [0.2, 0.25) is 0 Å². The summed E-state index contributed by atoms with van der Waals surface area (Å²) in [5, 5.41) is 0. The highest BCUT2D eigenvalue weighted by Crippen LogP contribution is 2.15. The summed E-state index contributed by atoms with van der Waals surface area (Å²) in [7, 11) is 0. The van der Waals surface area contributed by atoms with Crippen molar-refractivity contribution in [3.8, 4) is 0 Å². The number of imidazole rings is 1. The lowest BCUT2D eigenvalue weighted by atomic mass is 10.0. The molecule has 1 heterocycles. The zero-order valence-electron chi connectivity index (χ0n) is 29.6. The standard InChI is InChI=1S/C40H79N2/c1-4-7-10-12-14-16-18-20-22-24-26-28-30-32-34-37-42-39-38-41(36-9-6-3)40(42)35-33-31-29-27-25-23-21-19-17-15-13-11-8-5-2/h38-39H,4-37H2,1-3H3/q+1. The second-order valence-corrected chi connectivity index (χ2v) is 13.8. The lowest BCUT2D eigenvalue weighted by molar-refractivity contribution is -0.704. The Morgan fingerprint density at radius 1 is 0.405 bits per heavy atom. The van der Waals surface area contributed by atoms with E-state index in [1.165, 1.54) is 219 Å². The average Bonchev–Trinajstić information content (AvgIpc) is 3.39. The van der Waals surface area contributed by atoms with Gasteiger partial charge in [0.15, 0.2) is 0 Å². The van der Waals surface area contributed by atoms with Crippen LogP contribution in [0.15, 0.2) is 12.4 Å². The first-order valence-electron chi connectivity index (χ1n) is 19.9. The Balaban J connectivity index is 2.07. The van der Waals surface area contributed by atoms with Crippen molar-refractivity contribution in [3.05, 3.63) is 18.2 Å². The largest absolute Gasteiger partial charge is 0.256 e. The Morgan fingerprint density at radius 2 is 0.738 bits per heavy atom. The van der Waals surface area contributed by atoms with Crippen molar-refractivity contribution in [2.75, 3.05) is 0 Å². The highest BCUT2D eigenvalue weighted by molar-refractivity contribution is 4.84. The summed E-state index contributed by atoms with van der Waals surface area (Å²) < 4.78 is 5.19. The number of hydrogen-bond acceptors (Lipinski definition) is 0. The van der Waals surface area contributed by atoms with Gasteiger partial charge >= 0.3 is 0 Å². The maximum Gasteiger partial charge on any atom is 0.256 e. The molecule has 0 bridgehead atoms. The van der Waals surface area contributed by atoms with E-state index in [2.05, 4.69) is 42.3 Å². The summed E-state index contributed by atoms with van der Waals surface area (Å²) in [5.41, 5.74) is 0. The van der Waals surface area contributed by atoms with E-state index >= 15 is 0 Å². The van der Waals surface area contributed by atoms with Gasteiger partial charge in [0.2, 0.25) is 0 Å². The molecular weight excluding hydrogens is 508 g/mol. The molecule has 0 fully saturated rings. The van der Waals surface area contributed by atoms with Crippen LogP contribution in [0.5, 0.6) is 0 Å². The minimum absolute atomic E-state index is 1.20. The Bertz CT molecular complexity index is 648. The van der Waals surface area contributed by atoms with Crippen molar-refractivity contribution >= 4 is 0 Å². The van der Waals surface area contributed by atoms with Gasteiger partial charge in [-0.3, -0.25) is 0 Å². The van der Waals surface area contributed by atoms with Crippen molar-refractivity contribution in [3.63, 3.8) is 0 Å². The monoisotopic (exact) mass is 588 g/mol. The fraction of sp³-hybridized carbons (Fsp3) is 0.925. The second kappa shape index (κ2) is 31.6. The molecule has 0 N–H and O–H groups in total. The van der Waals surface area contributed by atoms with Crippen molar-refractivity contribution in [2.45, 2.75) is 239 Å². The summed E-state index contributed by atoms with van der Waals surface area (Å²) in [4.78, 5) is 0. The fourth-order valence-electron chi connectivity index (χ4n) is 6.65. The van der Waals surface area contributed by atoms with Crippen molar-refractivity contribution in [2.24, 2.45) is 0 Å². The predicted molar refractivity (Wildman–Crippen MR) is 188 cm³/mol. The molecule has 1 aromatic heterocycles. The highest BCUT2D eigenvalue weighted by atomic mass is 15.1. The van der Waals surface area contributed by atoms with E-state index in [4.69, 9.17) is 0 Å². The molecule has 0 atom stereocenters. The fourth-order valence-corrected chi connectivity index (χ4v) is 6.65. The summed E-state index contributed by atoms with van der Waals surface area (Å²) in [6.07, 6.45) is 50.5. The Hall–Kier alpha value is -0.790. The molecule has 0 spiro atoms. The van der Waals surface area contributed by atoms with Crippen LogP contribution >= 0.6 is 0 Å². The van der Waals surface area contributed by atoms with Crippen molar-refractivity contribution in [1.29, 1.82) is 0 Å². The maximum atomic E-state index is 2.61. The van der Waals surface area contributed by atoms with E-state index in [0.29, 0.717) is 0 Å². The van der Waals surface area contributed by atoms with Gasteiger partial charge in [0, 0.05) is 6.42 Å². The number of aromatic nitrogens is 2. The molecule has 0 aliphatic heterocycles. The molecule has 248 valence electrons. The maximum absolute atomic E-state index is 2.61. The van der Waals surface area contributed by atoms with Gasteiger partial charge in [-0.05, 0) is 25.7 Å². The van der Waals surface area contributed by atoms with Crippen LogP contribution in [-0.4, -0.2) is 4.57 Å². The van der Waals surface area contributed by atoms with E-state index < -0.39 is 0 Å². The van der Waals surface area contributed by atoms with Crippen LogP contribution in [0, 0.1) is 0 Å². The number of nitrogens with zero attached hydrogens (tertiary/aromatic N) is 2. The smallest absolute Gasteiger partial charge is 0.234 e.